The van der Waals surface area contributed by atoms with Gasteiger partial charge in [-0.1, -0.05) is 24.3 Å². The number of carbonyl (C=O) groups excluding carboxylic acids is 1. The standard InChI is InChI=1S/C25H31N3O5S/c1-3-27(13-19-5-4-6-22-21(19)9-10-23-25(22)33-16-32-23)24(29)12-17-7-8-18-14-28(15-20(18)11-17)26-34(2,30)31/h7-11,19,26H,3-6,12-16H2,1-2H3/t19-/m0/s1. The topological polar surface area (TPSA) is 88.2 Å². The van der Waals surface area contributed by atoms with Gasteiger partial charge in [0.15, 0.2) is 11.5 Å². The maximum absolute atomic E-state index is 13.2. The van der Waals surface area contributed by atoms with Crippen molar-refractivity contribution in [2.24, 2.45) is 0 Å². The number of ether oxygens (including phenoxy) is 2. The minimum atomic E-state index is -3.31. The smallest absolute Gasteiger partial charge is 0.231 e. The van der Waals surface area contributed by atoms with E-state index in [1.165, 1.54) is 11.1 Å². The third kappa shape index (κ3) is 4.78. The Kier molecular flexibility index (Phi) is 6.26. The van der Waals surface area contributed by atoms with Crippen molar-refractivity contribution in [2.75, 3.05) is 26.1 Å². The van der Waals surface area contributed by atoms with Gasteiger partial charge in [0.25, 0.3) is 0 Å². The first-order chi connectivity index (χ1) is 16.3. The summed E-state index contributed by atoms with van der Waals surface area (Å²) in [5, 5.41) is 1.68. The van der Waals surface area contributed by atoms with Crippen LogP contribution in [0.15, 0.2) is 30.3 Å². The minimum absolute atomic E-state index is 0.111. The van der Waals surface area contributed by atoms with Gasteiger partial charge in [0.1, 0.15) is 0 Å². The first kappa shape index (κ1) is 23.1. The Bertz CT molecular complexity index is 1210. The number of nitrogens with zero attached hydrogens (tertiary/aromatic N) is 2. The molecule has 0 bridgehead atoms. The van der Waals surface area contributed by atoms with Crippen LogP contribution in [0.25, 0.3) is 0 Å². The number of fused-ring (bicyclic) bond motifs is 4. The average Bonchev–Trinajstić information content (AvgIpc) is 3.42. The Morgan fingerprint density at radius 1 is 1.18 bits per heavy atom. The van der Waals surface area contributed by atoms with Crippen LogP contribution in [0.3, 0.4) is 0 Å². The zero-order valence-corrected chi connectivity index (χ0v) is 20.5. The molecule has 2 heterocycles. The summed E-state index contributed by atoms with van der Waals surface area (Å²) in [5.41, 5.74) is 5.60. The zero-order chi connectivity index (χ0) is 23.9. The maximum Gasteiger partial charge on any atom is 0.231 e. The molecular formula is C25H31N3O5S. The van der Waals surface area contributed by atoms with Crippen molar-refractivity contribution in [3.8, 4) is 11.5 Å². The summed E-state index contributed by atoms with van der Waals surface area (Å²) >= 11 is 0. The van der Waals surface area contributed by atoms with Gasteiger partial charge < -0.3 is 14.4 Å². The molecule has 0 saturated carbocycles. The van der Waals surface area contributed by atoms with Gasteiger partial charge in [0.2, 0.25) is 22.7 Å². The average molecular weight is 486 g/mol. The number of nitrogens with one attached hydrogen (secondary N) is 1. The SMILES string of the molecule is CCN(C[C@@H]1CCCc2c1ccc1c2OCO1)C(=O)Cc1ccc2c(c1)CN(NS(C)(=O)=O)C2. The van der Waals surface area contributed by atoms with E-state index in [-0.39, 0.29) is 18.6 Å². The number of hydrazine groups is 1. The van der Waals surface area contributed by atoms with Gasteiger partial charge in [-0.05, 0) is 54.5 Å². The highest BCUT2D eigenvalue weighted by atomic mass is 32.2. The lowest BCUT2D eigenvalue weighted by Gasteiger charge is -2.31. The number of benzene rings is 2. The van der Waals surface area contributed by atoms with Crippen LogP contribution in [0, 0.1) is 0 Å². The van der Waals surface area contributed by atoms with Crippen molar-refractivity contribution in [3.63, 3.8) is 0 Å². The van der Waals surface area contributed by atoms with E-state index in [0.717, 1.165) is 53.7 Å². The predicted octanol–water partition coefficient (Wildman–Crippen LogP) is 2.71. The lowest BCUT2D eigenvalue weighted by Crippen LogP contribution is -2.37. The maximum atomic E-state index is 13.2. The second kappa shape index (κ2) is 9.20. The van der Waals surface area contributed by atoms with Crippen LogP contribution >= 0.6 is 0 Å². The summed E-state index contributed by atoms with van der Waals surface area (Å²) in [6.07, 6.45) is 4.60. The molecular weight excluding hydrogens is 454 g/mol. The van der Waals surface area contributed by atoms with Crippen LogP contribution in [-0.2, 0) is 40.7 Å². The number of hydrogen-bond acceptors (Lipinski definition) is 6. The van der Waals surface area contributed by atoms with E-state index in [0.29, 0.717) is 32.6 Å². The molecule has 0 aromatic heterocycles. The number of rotatable bonds is 7. The van der Waals surface area contributed by atoms with Crippen LogP contribution in [0.4, 0.5) is 0 Å². The number of sulfonamides is 1. The molecule has 34 heavy (non-hydrogen) atoms. The molecule has 2 aromatic rings. The molecule has 0 radical (unpaired) electrons. The molecule has 1 N–H and O–H groups in total. The molecule has 1 aliphatic carbocycles. The minimum Gasteiger partial charge on any atom is -0.454 e. The van der Waals surface area contributed by atoms with Crippen molar-refractivity contribution < 1.29 is 22.7 Å². The Balaban J connectivity index is 1.26. The predicted molar refractivity (Wildman–Crippen MR) is 128 cm³/mol. The first-order valence-electron chi connectivity index (χ1n) is 11.8. The second-order valence-electron chi connectivity index (χ2n) is 9.39. The van der Waals surface area contributed by atoms with Gasteiger partial charge in [-0.15, -0.1) is 4.83 Å². The van der Waals surface area contributed by atoms with E-state index in [4.69, 9.17) is 9.47 Å². The zero-order valence-electron chi connectivity index (χ0n) is 19.7. The van der Waals surface area contributed by atoms with Crippen LogP contribution < -0.4 is 14.3 Å². The molecule has 0 spiro atoms. The van der Waals surface area contributed by atoms with Crippen LogP contribution in [0.2, 0.25) is 0 Å². The van der Waals surface area contributed by atoms with Gasteiger partial charge >= 0.3 is 0 Å². The summed E-state index contributed by atoms with van der Waals surface area (Å²) in [7, 11) is -3.31. The molecule has 3 aliphatic rings. The summed E-state index contributed by atoms with van der Waals surface area (Å²) in [6.45, 7) is 4.68. The summed E-state index contributed by atoms with van der Waals surface area (Å²) in [5.74, 6) is 2.11. The molecule has 2 aliphatic heterocycles. The molecule has 0 fully saturated rings. The molecule has 2 aromatic carbocycles. The fraction of sp³-hybridized carbons (Fsp3) is 0.480. The molecule has 9 heteroatoms. The van der Waals surface area contributed by atoms with Gasteiger partial charge in [-0.3, -0.25) is 4.79 Å². The molecule has 0 unspecified atom stereocenters. The molecule has 182 valence electrons. The Labute approximate surface area is 200 Å². The van der Waals surface area contributed by atoms with Crippen LogP contribution in [-0.4, -0.2) is 50.4 Å². The van der Waals surface area contributed by atoms with Gasteiger partial charge in [0, 0.05) is 37.7 Å². The van der Waals surface area contributed by atoms with Crippen molar-refractivity contribution in [2.45, 2.75) is 51.6 Å². The highest BCUT2D eigenvalue weighted by Gasteiger charge is 2.30. The van der Waals surface area contributed by atoms with E-state index >= 15 is 0 Å². The van der Waals surface area contributed by atoms with Crippen molar-refractivity contribution in [1.82, 2.24) is 14.7 Å². The lowest BCUT2D eigenvalue weighted by molar-refractivity contribution is -0.130. The van der Waals surface area contributed by atoms with Gasteiger partial charge in [-0.25, -0.2) is 13.4 Å². The Morgan fingerprint density at radius 2 is 2.00 bits per heavy atom. The molecule has 1 atom stereocenters. The number of amides is 1. The van der Waals surface area contributed by atoms with E-state index < -0.39 is 10.0 Å². The van der Waals surface area contributed by atoms with Crippen molar-refractivity contribution in [1.29, 1.82) is 0 Å². The highest BCUT2D eigenvalue weighted by molar-refractivity contribution is 7.88. The molecule has 5 rings (SSSR count). The van der Waals surface area contributed by atoms with Gasteiger partial charge in [0.05, 0.1) is 12.7 Å². The van der Waals surface area contributed by atoms with E-state index in [1.807, 2.05) is 36.1 Å². The fourth-order valence-corrected chi connectivity index (χ4v) is 5.97. The summed E-state index contributed by atoms with van der Waals surface area (Å²) in [6, 6.07) is 10.1. The number of likely N-dealkylation sites (N-methyl/N-ethyl adjacent to an activating group) is 1. The van der Waals surface area contributed by atoms with E-state index in [9.17, 15) is 13.2 Å². The van der Waals surface area contributed by atoms with E-state index in [1.54, 1.807) is 5.01 Å². The monoisotopic (exact) mass is 485 g/mol. The summed E-state index contributed by atoms with van der Waals surface area (Å²) in [4.78, 5) is 17.7. The third-order valence-electron chi connectivity index (χ3n) is 6.92. The lowest BCUT2D eigenvalue weighted by atomic mass is 9.81. The molecule has 8 nitrogen and oxygen atoms in total. The van der Waals surface area contributed by atoms with E-state index in [2.05, 4.69) is 10.9 Å². The summed E-state index contributed by atoms with van der Waals surface area (Å²) < 4.78 is 34.4. The van der Waals surface area contributed by atoms with Crippen molar-refractivity contribution >= 4 is 15.9 Å². The van der Waals surface area contributed by atoms with Crippen LogP contribution in [0.1, 0.15) is 53.5 Å². The fourth-order valence-electron chi connectivity index (χ4n) is 5.37. The highest BCUT2D eigenvalue weighted by Crippen LogP contribution is 2.44. The van der Waals surface area contributed by atoms with Crippen molar-refractivity contribution in [3.05, 3.63) is 58.1 Å². The Morgan fingerprint density at radius 3 is 2.79 bits per heavy atom. The molecule has 1 amide bonds. The largest absolute Gasteiger partial charge is 0.454 e. The second-order valence-corrected chi connectivity index (χ2v) is 11.1. The number of carbonyl (C=O) groups is 1. The third-order valence-corrected chi connectivity index (χ3v) is 7.51. The normalized spacial score (nSPS) is 19.1. The first-order valence-corrected chi connectivity index (χ1v) is 13.7. The van der Waals surface area contributed by atoms with Crippen LogP contribution in [0.5, 0.6) is 11.5 Å². The number of hydrogen-bond donors (Lipinski definition) is 1. The Hall–Kier alpha value is -2.62. The molecule has 0 saturated heterocycles. The van der Waals surface area contributed by atoms with Gasteiger partial charge in [-0.2, -0.15) is 0 Å². The quantitative estimate of drug-likeness (QED) is 0.649.